The Hall–Kier alpha value is -2.57. The number of aromatic nitrogens is 1. The molecule has 1 atom stereocenters. The zero-order chi connectivity index (χ0) is 23.7. The molecule has 0 fully saturated rings. The smallest absolute Gasteiger partial charge is 0.476 e. The Morgan fingerprint density at radius 2 is 1.88 bits per heavy atom. The van der Waals surface area contributed by atoms with Crippen LogP contribution in [0.2, 0.25) is 0 Å². The van der Waals surface area contributed by atoms with Crippen molar-refractivity contribution in [3.8, 4) is 22.9 Å². The summed E-state index contributed by atoms with van der Waals surface area (Å²) in [5.74, 6) is -0.135. The van der Waals surface area contributed by atoms with Gasteiger partial charge in [-0.3, -0.25) is 4.79 Å². The quantitative estimate of drug-likeness (QED) is 0.426. The molecule has 1 aliphatic heterocycles. The molecule has 2 heterocycles. The number of halogens is 3. The summed E-state index contributed by atoms with van der Waals surface area (Å²) in [6.45, 7) is 2.43. The molecule has 1 aromatic heterocycles. The van der Waals surface area contributed by atoms with Gasteiger partial charge in [0, 0.05) is 38.0 Å². The zero-order valence-electron chi connectivity index (χ0n) is 17.6. The van der Waals surface area contributed by atoms with Crippen LogP contribution in [0.1, 0.15) is 11.1 Å². The van der Waals surface area contributed by atoms with Gasteiger partial charge in [-0.05, 0) is 37.1 Å². The van der Waals surface area contributed by atoms with Crippen molar-refractivity contribution >= 4 is 10.1 Å². The second-order valence-corrected chi connectivity index (χ2v) is 8.69. The maximum Gasteiger partial charge on any atom is 0.534 e. The summed E-state index contributed by atoms with van der Waals surface area (Å²) in [4.78, 5) is 12.5. The molecule has 1 aromatic carbocycles. The Balaban J connectivity index is 1.97. The monoisotopic (exact) mass is 477 g/mol. The lowest BCUT2D eigenvalue weighted by molar-refractivity contribution is -0.0500. The summed E-state index contributed by atoms with van der Waals surface area (Å²) < 4.78 is 82.6. The van der Waals surface area contributed by atoms with E-state index in [4.69, 9.17) is 14.2 Å². The van der Waals surface area contributed by atoms with Crippen molar-refractivity contribution < 1.29 is 40.0 Å². The Kier molecular flexibility index (Phi) is 6.86. The number of aryl methyl sites for hydroxylation is 1. The average Bonchev–Trinajstić information content (AvgIpc) is 2.72. The largest absolute Gasteiger partial charge is 0.534 e. The Labute approximate surface area is 182 Å². The number of methoxy groups -OCH3 is 2. The minimum absolute atomic E-state index is 0.140. The summed E-state index contributed by atoms with van der Waals surface area (Å²) in [5.41, 5.74) is -3.72. The number of ether oxygens (including phenoxy) is 3. The zero-order valence-corrected chi connectivity index (χ0v) is 18.4. The van der Waals surface area contributed by atoms with Crippen molar-refractivity contribution in [3.05, 3.63) is 45.6 Å². The Morgan fingerprint density at radius 1 is 1.16 bits per heavy atom. The molecule has 0 spiro atoms. The first-order valence-corrected chi connectivity index (χ1v) is 10.9. The minimum atomic E-state index is -5.78. The molecule has 0 unspecified atom stereocenters. The molecule has 0 N–H and O–H groups in total. The molecule has 0 saturated heterocycles. The van der Waals surface area contributed by atoms with E-state index < -0.39 is 21.4 Å². The molecule has 12 heteroatoms. The molecule has 1 aliphatic rings. The third-order valence-electron chi connectivity index (χ3n) is 5.04. The van der Waals surface area contributed by atoms with Gasteiger partial charge in [-0.15, -0.1) is 0 Å². The summed E-state index contributed by atoms with van der Waals surface area (Å²) in [5, 5.41) is 0. The van der Waals surface area contributed by atoms with Crippen LogP contribution in [0.5, 0.6) is 11.6 Å². The van der Waals surface area contributed by atoms with E-state index in [0.29, 0.717) is 47.8 Å². The van der Waals surface area contributed by atoms with Gasteiger partial charge in [0.2, 0.25) is 0 Å². The summed E-state index contributed by atoms with van der Waals surface area (Å²) >= 11 is 0. The molecule has 0 bridgehead atoms. The van der Waals surface area contributed by atoms with Gasteiger partial charge in [-0.1, -0.05) is 0 Å². The SMILES string of the molecule is COC[C@@H](COc1cc(=O)c(C)c2n1CCc1cc(OS(=O)(=O)C(F)(F)F)ccc1-2)OC. The first kappa shape index (κ1) is 24.1. The maximum absolute atomic E-state index is 12.6. The van der Waals surface area contributed by atoms with Crippen molar-refractivity contribution in [3.63, 3.8) is 0 Å². The van der Waals surface area contributed by atoms with Crippen LogP contribution in [0, 0.1) is 6.92 Å². The minimum Gasteiger partial charge on any atom is -0.476 e. The third-order valence-corrected chi connectivity index (χ3v) is 6.02. The second kappa shape index (κ2) is 9.12. The molecule has 8 nitrogen and oxygen atoms in total. The summed E-state index contributed by atoms with van der Waals surface area (Å²) in [6, 6.07) is 5.16. The Morgan fingerprint density at radius 3 is 2.50 bits per heavy atom. The van der Waals surface area contributed by atoms with Gasteiger partial charge in [0.25, 0.3) is 0 Å². The van der Waals surface area contributed by atoms with Crippen LogP contribution in [0.15, 0.2) is 29.1 Å². The average molecular weight is 477 g/mol. The van der Waals surface area contributed by atoms with E-state index in [9.17, 15) is 26.4 Å². The molecule has 32 heavy (non-hydrogen) atoms. The van der Waals surface area contributed by atoms with Gasteiger partial charge in [0.1, 0.15) is 18.5 Å². The fraction of sp³-hybridized carbons (Fsp3) is 0.450. The summed E-state index contributed by atoms with van der Waals surface area (Å²) in [7, 11) is -2.74. The number of alkyl halides is 3. The van der Waals surface area contributed by atoms with Gasteiger partial charge in [-0.25, -0.2) is 0 Å². The van der Waals surface area contributed by atoms with Gasteiger partial charge in [0.15, 0.2) is 11.3 Å². The van der Waals surface area contributed by atoms with E-state index in [-0.39, 0.29) is 18.1 Å². The van der Waals surface area contributed by atoms with Gasteiger partial charge >= 0.3 is 15.6 Å². The van der Waals surface area contributed by atoms with E-state index in [1.54, 1.807) is 11.5 Å². The molecular formula is C20H22F3NO7S. The lowest BCUT2D eigenvalue weighted by Gasteiger charge is -2.27. The fourth-order valence-corrected chi connectivity index (χ4v) is 3.88. The first-order chi connectivity index (χ1) is 15.0. The standard InChI is InChI=1S/C20H22F3NO7S/c1-12-17(25)9-18(30-11-15(29-3)10-28-2)24-7-6-13-8-14(4-5-16(13)19(12)24)31-32(26,27)20(21,22)23/h4-5,8-9,15H,6-7,10-11H2,1-3H3/t15-/m0/s1. The highest BCUT2D eigenvalue weighted by Gasteiger charge is 2.48. The van der Waals surface area contributed by atoms with E-state index in [1.807, 2.05) is 0 Å². The highest BCUT2D eigenvalue weighted by molar-refractivity contribution is 7.88. The van der Waals surface area contributed by atoms with Crippen molar-refractivity contribution in [2.24, 2.45) is 0 Å². The third kappa shape index (κ3) is 4.76. The van der Waals surface area contributed by atoms with E-state index in [1.165, 1.54) is 32.4 Å². The maximum atomic E-state index is 12.6. The van der Waals surface area contributed by atoms with Crippen LogP contribution in [0.4, 0.5) is 13.2 Å². The van der Waals surface area contributed by atoms with Crippen molar-refractivity contribution in [2.75, 3.05) is 27.4 Å². The van der Waals surface area contributed by atoms with Crippen LogP contribution >= 0.6 is 0 Å². The Bertz CT molecular complexity index is 1160. The van der Waals surface area contributed by atoms with Crippen LogP contribution in [-0.2, 0) is 32.6 Å². The van der Waals surface area contributed by atoms with Gasteiger partial charge in [-0.2, -0.15) is 21.6 Å². The molecule has 0 aliphatic carbocycles. The molecule has 3 rings (SSSR count). The van der Waals surface area contributed by atoms with Crippen LogP contribution in [0.3, 0.4) is 0 Å². The predicted octanol–water partition coefficient (Wildman–Crippen LogP) is 2.65. The van der Waals surface area contributed by atoms with Crippen molar-refractivity contribution in [1.29, 1.82) is 0 Å². The number of benzene rings is 1. The van der Waals surface area contributed by atoms with E-state index >= 15 is 0 Å². The van der Waals surface area contributed by atoms with Gasteiger partial charge in [0.05, 0.1) is 12.3 Å². The number of nitrogens with zero attached hydrogens (tertiary/aromatic N) is 1. The topological polar surface area (TPSA) is 93.1 Å². The number of hydrogen-bond acceptors (Lipinski definition) is 7. The number of hydrogen-bond donors (Lipinski definition) is 0. The van der Waals surface area contributed by atoms with Crippen LogP contribution in [-0.4, -0.2) is 52.0 Å². The molecule has 0 amide bonds. The second-order valence-electron chi connectivity index (χ2n) is 7.15. The molecular weight excluding hydrogens is 455 g/mol. The van der Waals surface area contributed by atoms with Crippen LogP contribution in [0.25, 0.3) is 11.3 Å². The van der Waals surface area contributed by atoms with Crippen LogP contribution < -0.4 is 14.3 Å². The molecule has 0 radical (unpaired) electrons. The number of fused-ring (bicyclic) bond motifs is 3. The predicted molar refractivity (Wildman–Crippen MR) is 108 cm³/mol. The van der Waals surface area contributed by atoms with E-state index in [0.717, 1.165) is 6.07 Å². The summed E-state index contributed by atoms with van der Waals surface area (Å²) in [6.07, 6.45) is 0.00887. The number of rotatable bonds is 8. The number of pyridine rings is 1. The fourth-order valence-electron chi connectivity index (χ4n) is 3.43. The highest BCUT2D eigenvalue weighted by Crippen LogP contribution is 2.36. The van der Waals surface area contributed by atoms with Crippen molar-refractivity contribution in [2.45, 2.75) is 31.5 Å². The van der Waals surface area contributed by atoms with E-state index in [2.05, 4.69) is 4.18 Å². The lowest BCUT2D eigenvalue weighted by Crippen LogP contribution is -2.28. The molecule has 2 aromatic rings. The van der Waals surface area contributed by atoms with Crippen molar-refractivity contribution in [1.82, 2.24) is 4.57 Å². The normalized spacial score (nSPS) is 14.4. The van der Waals surface area contributed by atoms with Gasteiger partial charge < -0.3 is 23.0 Å². The molecule has 0 saturated carbocycles. The lowest BCUT2D eigenvalue weighted by atomic mass is 9.94. The molecule has 176 valence electrons. The first-order valence-electron chi connectivity index (χ1n) is 9.51. The highest BCUT2D eigenvalue weighted by atomic mass is 32.2.